The van der Waals surface area contributed by atoms with Gasteiger partial charge in [-0.15, -0.1) is 12.4 Å². The highest BCUT2D eigenvalue weighted by Crippen LogP contribution is 2.26. The summed E-state index contributed by atoms with van der Waals surface area (Å²) in [5, 5.41) is 6.43. The Bertz CT molecular complexity index is 678. The van der Waals surface area contributed by atoms with E-state index in [1.807, 2.05) is 36.9 Å². The van der Waals surface area contributed by atoms with Crippen LogP contribution in [0.1, 0.15) is 61.9 Å². The highest BCUT2D eigenvalue weighted by Gasteiger charge is 2.39. The molecule has 27 heavy (non-hydrogen) atoms. The Morgan fingerprint density at radius 2 is 2.00 bits per heavy atom. The first kappa shape index (κ1) is 21.7. The lowest BCUT2D eigenvalue weighted by atomic mass is 9.93. The molecule has 2 amide bonds. The van der Waals surface area contributed by atoms with Crippen molar-refractivity contribution < 1.29 is 9.59 Å². The molecule has 6 heteroatoms. The molecular formula is C21H32ClN3O2. The minimum absolute atomic E-state index is 0. The molecule has 1 unspecified atom stereocenters. The number of likely N-dealkylation sites (tertiary alicyclic amines) is 1. The molecule has 0 spiro atoms. The van der Waals surface area contributed by atoms with Gasteiger partial charge in [0, 0.05) is 24.3 Å². The van der Waals surface area contributed by atoms with Crippen molar-refractivity contribution in [3.05, 3.63) is 29.3 Å². The molecule has 0 aliphatic carbocycles. The molecule has 0 aromatic heterocycles. The monoisotopic (exact) mass is 393 g/mol. The number of anilines is 1. The average molecular weight is 394 g/mol. The Balaban J connectivity index is 0.00000261. The van der Waals surface area contributed by atoms with Crippen LogP contribution in [-0.4, -0.2) is 41.9 Å². The van der Waals surface area contributed by atoms with Crippen molar-refractivity contribution in [3.63, 3.8) is 0 Å². The van der Waals surface area contributed by atoms with Crippen LogP contribution in [0, 0.1) is 12.8 Å². The Morgan fingerprint density at radius 1 is 1.30 bits per heavy atom. The van der Waals surface area contributed by atoms with E-state index in [-0.39, 0.29) is 24.2 Å². The fourth-order valence-corrected chi connectivity index (χ4v) is 4.04. The van der Waals surface area contributed by atoms with Crippen LogP contribution in [-0.2, 0) is 4.79 Å². The zero-order valence-electron chi connectivity index (χ0n) is 16.6. The lowest BCUT2D eigenvalue weighted by Crippen LogP contribution is -2.50. The summed E-state index contributed by atoms with van der Waals surface area (Å²) in [6, 6.07) is 5.60. The summed E-state index contributed by atoms with van der Waals surface area (Å²) in [6.07, 6.45) is 4.83. The van der Waals surface area contributed by atoms with E-state index in [0.717, 1.165) is 63.0 Å². The van der Waals surface area contributed by atoms with Crippen molar-refractivity contribution in [2.45, 2.75) is 58.4 Å². The zero-order chi connectivity index (χ0) is 18.7. The van der Waals surface area contributed by atoms with E-state index in [2.05, 4.69) is 17.6 Å². The molecule has 1 aromatic carbocycles. The van der Waals surface area contributed by atoms with Crippen molar-refractivity contribution in [2.24, 2.45) is 5.92 Å². The van der Waals surface area contributed by atoms with Crippen LogP contribution in [0.15, 0.2) is 18.2 Å². The fraction of sp³-hybridized carbons (Fsp3) is 0.619. The lowest BCUT2D eigenvalue weighted by molar-refractivity contribution is -0.122. The molecule has 1 aromatic rings. The highest BCUT2D eigenvalue weighted by molar-refractivity contribution is 6.00. The summed E-state index contributed by atoms with van der Waals surface area (Å²) in [6.45, 7) is 8.80. The molecule has 0 bridgehead atoms. The average Bonchev–Trinajstić information content (AvgIpc) is 3.14. The molecular weight excluding hydrogens is 362 g/mol. The standard InChI is InChI=1S/C21H31N3O2.ClH/c1-4-21(10-5-11-22-21)20(26)23-18-7-6-17(14-16(18)3)19(25)24-12-8-15(2)9-13-24;/h6-7,14-15,22H,4-5,8-13H2,1-3H3,(H,23,26);1H. The van der Waals surface area contributed by atoms with E-state index in [0.29, 0.717) is 11.5 Å². The third kappa shape index (κ3) is 4.64. The van der Waals surface area contributed by atoms with Crippen LogP contribution in [0.25, 0.3) is 0 Å². The number of rotatable bonds is 4. The van der Waals surface area contributed by atoms with Gasteiger partial charge in [0.25, 0.3) is 5.91 Å². The van der Waals surface area contributed by atoms with Crippen molar-refractivity contribution >= 4 is 29.9 Å². The zero-order valence-corrected chi connectivity index (χ0v) is 17.5. The molecule has 0 saturated carbocycles. The summed E-state index contributed by atoms with van der Waals surface area (Å²) >= 11 is 0. The number of nitrogens with zero attached hydrogens (tertiary/aromatic N) is 1. The van der Waals surface area contributed by atoms with Gasteiger partial charge in [-0.1, -0.05) is 13.8 Å². The second-order valence-electron chi connectivity index (χ2n) is 7.92. The predicted molar refractivity (Wildman–Crippen MR) is 112 cm³/mol. The van der Waals surface area contributed by atoms with Gasteiger partial charge in [0.2, 0.25) is 5.91 Å². The third-order valence-corrected chi connectivity index (χ3v) is 6.07. The molecule has 0 radical (unpaired) electrons. The first-order chi connectivity index (χ1) is 12.4. The van der Waals surface area contributed by atoms with E-state index in [1.54, 1.807) is 0 Å². The molecule has 2 heterocycles. The first-order valence-electron chi connectivity index (χ1n) is 9.91. The maximum absolute atomic E-state index is 12.8. The number of carbonyl (C=O) groups is 2. The number of piperidine rings is 1. The molecule has 2 N–H and O–H groups in total. The maximum Gasteiger partial charge on any atom is 0.253 e. The quantitative estimate of drug-likeness (QED) is 0.818. The van der Waals surface area contributed by atoms with Crippen LogP contribution in [0.3, 0.4) is 0 Å². The van der Waals surface area contributed by atoms with Crippen LogP contribution < -0.4 is 10.6 Å². The number of nitrogens with one attached hydrogen (secondary N) is 2. The molecule has 5 nitrogen and oxygen atoms in total. The smallest absolute Gasteiger partial charge is 0.253 e. The van der Waals surface area contributed by atoms with Crippen molar-refractivity contribution in [1.82, 2.24) is 10.2 Å². The lowest BCUT2D eigenvalue weighted by Gasteiger charge is -2.30. The van der Waals surface area contributed by atoms with Gasteiger partial charge < -0.3 is 15.5 Å². The predicted octanol–water partition coefficient (Wildman–Crippen LogP) is 3.76. The Labute approximate surface area is 168 Å². The normalized spacial score (nSPS) is 23.0. The van der Waals surface area contributed by atoms with Gasteiger partial charge in [-0.2, -0.15) is 0 Å². The Kier molecular flexibility index (Phi) is 7.29. The van der Waals surface area contributed by atoms with Crippen LogP contribution in [0.4, 0.5) is 5.69 Å². The molecule has 2 aliphatic rings. The Morgan fingerprint density at radius 3 is 2.56 bits per heavy atom. The van der Waals surface area contributed by atoms with Gasteiger partial charge in [0.05, 0.1) is 5.54 Å². The third-order valence-electron chi connectivity index (χ3n) is 6.07. The minimum atomic E-state index is -0.453. The number of aryl methyl sites for hydroxylation is 1. The number of halogens is 1. The summed E-state index contributed by atoms with van der Waals surface area (Å²) in [5.74, 6) is 0.832. The summed E-state index contributed by atoms with van der Waals surface area (Å²) in [4.78, 5) is 27.4. The van der Waals surface area contributed by atoms with Gasteiger partial charge >= 0.3 is 0 Å². The summed E-state index contributed by atoms with van der Waals surface area (Å²) in [7, 11) is 0. The maximum atomic E-state index is 12.8. The largest absolute Gasteiger partial charge is 0.339 e. The second kappa shape index (κ2) is 9.07. The fourth-order valence-electron chi connectivity index (χ4n) is 4.04. The van der Waals surface area contributed by atoms with Gasteiger partial charge in [0.1, 0.15) is 0 Å². The Hall–Kier alpha value is -1.59. The minimum Gasteiger partial charge on any atom is -0.339 e. The number of amides is 2. The van der Waals surface area contributed by atoms with Crippen LogP contribution in [0.5, 0.6) is 0 Å². The topological polar surface area (TPSA) is 61.4 Å². The van der Waals surface area contributed by atoms with E-state index < -0.39 is 5.54 Å². The van der Waals surface area contributed by atoms with Gasteiger partial charge in [-0.25, -0.2) is 0 Å². The molecule has 2 fully saturated rings. The van der Waals surface area contributed by atoms with E-state index in [9.17, 15) is 9.59 Å². The first-order valence-corrected chi connectivity index (χ1v) is 9.91. The van der Waals surface area contributed by atoms with E-state index >= 15 is 0 Å². The second-order valence-corrected chi connectivity index (χ2v) is 7.92. The van der Waals surface area contributed by atoms with Gasteiger partial charge in [-0.3, -0.25) is 9.59 Å². The molecule has 1 atom stereocenters. The van der Waals surface area contributed by atoms with Crippen LogP contribution in [0.2, 0.25) is 0 Å². The molecule has 2 aliphatic heterocycles. The number of carbonyl (C=O) groups excluding carboxylic acids is 2. The van der Waals surface area contributed by atoms with Gasteiger partial charge in [-0.05, 0) is 75.3 Å². The van der Waals surface area contributed by atoms with Crippen LogP contribution >= 0.6 is 12.4 Å². The SMILES string of the molecule is CCC1(C(=O)Nc2ccc(C(=O)N3CCC(C)CC3)cc2C)CCCN1.Cl. The molecule has 150 valence electrons. The highest BCUT2D eigenvalue weighted by atomic mass is 35.5. The molecule has 3 rings (SSSR count). The van der Waals surface area contributed by atoms with E-state index in [4.69, 9.17) is 0 Å². The number of hydrogen-bond acceptors (Lipinski definition) is 3. The van der Waals surface area contributed by atoms with Gasteiger partial charge in [0.15, 0.2) is 0 Å². The summed E-state index contributed by atoms with van der Waals surface area (Å²) < 4.78 is 0. The summed E-state index contributed by atoms with van der Waals surface area (Å²) in [5.41, 5.74) is 1.98. The number of hydrogen-bond donors (Lipinski definition) is 2. The van der Waals surface area contributed by atoms with Crippen molar-refractivity contribution in [1.29, 1.82) is 0 Å². The van der Waals surface area contributed by atoms with Crippen molar-refractivity contribution in [2.75, 3.05) is 25.0 Å². The van der Waals surface area contributed by atoms with E-state index in [1.165, 1.54) is 0 Å². The molecule has 2 saturated heterocycles. The number of benzene rings is 1. The van der Waals surface area contributed by atoms with Crippen molar-refractivity contribution in [3.8, 4) is 0 Å².